The lowest BCUT2D eigenvalue weighted by molar-refractivity contribution is 0.168. The van der Waals surface area contributed by atoms with Crippen LogP contribution in [0.4, 0.5) is 22.0 Å². The Kier molecular flexibility index (Phi) is 4.33. The molecule has 3 aromatic rings. The lowest BCUT2D eigenvalue weighted by Crippen LogP contribution is -2.14. The van der Waals surface area contributed by atoms with E-state index in [-0.39, 0.29) is 0 Å². The van der Waals surface area contributed by atoms with Crippen molar-refractivity contribution in [1.82, 2.24) is 9.97 Å². The standard InChI is InChI=1S/C17H16N4O2/c1-2-23-17(22)21-15-9-8-13(11-19-15)20-14-7-3-5-12-6-4-10-18-16(12)14/h3-11,20H,2H2,1H3,(H,19,21,22). The Hall–Kier alpha value is -3.15. The van der Waals surface area contributed by atoms with Crippen molar-refractivity contribution >= 4 is 34.2 Å². The molecule has 0 spiro atoms. The highest BCUT2D eigenvalue weighted by Gasteiger charge is 2.05. The molecule has 3 rings (SSSR count). The molecular formula is C17H16N4O2. The van der Waals surface area contributed by atoms with Gasteiger partial charge in [0.2, 0.25) is 0 Å². The third-order valence-corrected chi connectivity index (χ3v) is 3.18. The summed E-state index contributed by atoms with van der Waals surface area (Å²) in [5, 5.41) is 6.90. The molecule has 0 aliphatic rings. The molecule has 0 aliphatic heterocycles. The predicted molar refractivity (Wildman–Crippen MR) is 89.9 cm³/mol. The van der Waals surface area contributed by atoms with Crippen LogP contribution in [0.15, 0.2) is 54.9 Å². The van der Waals surface area contributed by atoms with Crippen molar-refractivity contribution in [2.24, 2.45) is 0 Å². The Morgan fingerprint density at radius 1 is 1.13 bits per heavy atom. The van der Waals surface area contributed by atoms with Crippen LogP contribution >= 0.6 is 0 Å². The minimum Gasteiger partial charge on any atom is -0.450 e. The molecule has 0 saturated heterocycles. The Labute approximate surface area is 133 Å². The summed E-state index contributed by atoms with van der Waals surface area (Å²) in [6.07, 6.45) is 2.89. The first-order valence-electron chi connectivity index (χ1n) is 7.27. The normalized spacial score (nSPS) is 10.3. The lowest BCUT2D eigenvalue weighted by Gasteiger charge is -2.09. The van der Waals surface area contributed by atoms with E-state index in [9.17, 15) is 4.79 Å². The molecule has 116 valence electrons. The fraction of sp³-hybridized carbons (Fsp3) is 0.118. The molecule has 2 aromatic heterocycles. The molecule has 0 unspecified atom stereocenters. The number of anilines is 3. The first kappa shape index (κ1) is 14.8. The van der Waals surface area contributed by atoms with Gasteiger partial charge in [-0.25, -0.2) is 9.78 Å². The Morgan fingerprint density at radius 3 is 2.78 bits per heavy atom. The molecular weight excluding hydrogens is 292 g/mol. The highest BCUT2D eigenvalue weighted by Crippen LogP contribution is 2.24. The third-order valence-electron chi connectivity index (χ3n) is 3.18. The van der Waals surface area contributed by atoms with Gasteiger partial charge in [-0.05, 0) is 31.2 Å². The van der Waals surface area contributed by atoms with Crippen LogP contribution in [0.25, 0.3) is 10.9 Å². The second-order valence-electron chi connectivity index (χ2n) is 4.78. The molecule has 0 bridgehead atoms. The summed E-state index contributed by atoms with van der Waals surface area (Å²) in [4.78, 5) is 19.9. The van der Waals surface area contributed by atoms with Gasteiger partial charge in [0.1, 0.15) is 5.82 Å². The van der Waals surface area contributed by atoms with Crippen molar-refractivity contribution in [2.45, 2.75) is 6.92 Å². The molecule has 1 aromatic carbocycles. The zero-order valence-corrected chi connectivity index (χ0v) is 12.6. The second kappa shape index (κ2) is 6.74. The molecule has 2 N–H and O–H groups in total. The van der Waals surface area contributed by atoms with Crippen molar-refractivity contribution in [1.29, 1.82) is 0 Å². The van der Waals surface area contributed by atoms with Crippen LogP contribution in [0.2, 0.25) is 0 Å². The Bertz CT molecular complexity index is 813. The van der Waals surface area contributed by atoms with E-state index >= 15 is 0 Å². The van der Waals surface area contributed by atoms with Crippen LogP contribution < -0.4 is 10.6 Å². The van der Waals surface area contributed by atoms with Gasteiger partial charge in [-0.1, -0.05) is 18.2 Å². The van der Waals surface area contributed by atoms with Crippen molar-refractivity contribution in [3.63, 3.8) is 0 Å². The number of fused-ring (bicyclic) bond motifs is 1. The van der Waals surface area contributed by atoms with Gasteiger partial charge in [0, 0.05) is 11.6 Å². The predicted octanol–water partition coefficient (Wildman–Crippen LogP) is 3.94. The van der Waals surface area contributed by atoms with Crippen LogP contribution in [-0.4, -0.2) is 22.7 Å². The third kappa shape index (κ3) is 3.55. The van der Waals surface area contributed by atoms with E-state index in [1.54, 1.807) is 25.4 Å². The number of ether oxygens (including phenoxy) is 1. The first-order chi connectivity index (χ1) is 11.3. The number of carbonyl (C=O) groups is 1. The monoisotopic (exact) mass is 308 g/mol. The summed E-state index contributed by atoms with van der Waals surface area (Å²) in [6, 6.07) is 13.4. The summed E-state index contributed by atoms with van der Waals surface area (Å²) in [6.45, 7) is 2.07. The number of pyridine rings is 2. The van der Waals surface area contributed by atoms with Gasteiger partial charge in [-0.3, -0.25) is 10.3 Å². The van der Waals surface area contributed by atoms with Gasteiger partial charge in [-0.2, -0.15) is 0 Å². The van der Waals surface area contributed by atoms with Crippen LogP contribution in [0.3, 0.4) is 0 Å². The van der Waals surface area contributed by atoms with Gasteiger partial charge in [-0.15, -0.1) is 0 Å². The summed E-state index contributed by atoms with van der Waals surface area (Å²) < 4.78 is 4.81. The Balaban J connectivity index is 1.76. The molecule has 0 fully saturated rings. The van der Waals surface area contributed by atoms with Crippen molar-refractivity contribution in [3.05, 3.63) is 54.9 Å². The van der Waals surface area contributed by atoms with E-state index in [1.807, 2.05) is 36.4 Å². The summed E-state index contributed by atoms with van der Waals surface area (Å²) >= 11 is 0. The maximum Gasteiger partial charge on any atom is 0.412 e. The summed E-state index contributed by atoms with van der Waals surface area (Å²) in [7, 11) is 0. The molecule has 0 radical (unpaired) electrons. The topological polar surface area (TPSA) is 76.1 Å². The highest BCUT2D eigenvalue weighted by atomic mass is 16.5. The molecule has 0 saturated carbocycles. The highest BCUT2D eigenvalue weighted by molar-refractivity contribution is 5.92. The maximum atomic E-state index is 11.3. The number of hydrogen-bond donors (Lipinski definition) is 2. The van der Waals surface area contributed by atoms with Crippen LogP contribution in [-0.2, 0) is 4.74 Å². The number of amides is 1. The number of nitrogens with zero attached hydrogens (tertiary/aromatic N) is 2. The van der Waals surface area contributed by atoms with Gasteiger partial charge in [0.05, 0.1) is 29.7 Å². The van der Waals surface area contributed by atoms with E-state index in [4.69, 9.17) is 4.74 Å². The number of para-hydroxylation sites is 1. The van der Waals surface area contributed by atoms with Gasteiger partial charge < -0.3 is 10.1 Å². The van der Waals surface area contributed by atoms with E-state index in [1.165, 1.54) is 0 Å². The van der Waals surface area contributed by atoms with E-state index in [2.05, 4.69) is 20.6 Å². The quantitative estimate of drug-likeness (QED) is 0.763. The number of rotatable bonds is 4. The molecule has 1 amide bonds. The Morgan fingerprint density at radius 2 is 2.00 bits per heavy atom. The fourth-order valence-electron chi connectivity index (χ4n) is 2.17. The molecule has 0 atom stereocenters. The second-order valence-corrected chi connectivity index (χ2v) is 4.78. The van der Waals surface area contributed by atoms with E-state index in [0.717, 1.165) is 22.3 Å². The van der Waals surface area contributed by atoms with Gasteiger partial charge in [0.15, 0.2) is 0 Å². The SMILES string of the molecule is CCOC(=O)Nc1ccc(Nc2cccc3cccnc23)cn1. The minimum absolute atomic E-state index is 0.319. The molecule has 0 aliphatic carbocycles. The zero-order valence-electron chi connectivity index (χ0n) is 12.6. The van der Waals surface area contributed by atoms with Crippen molar-refractivity contribution in [2.75, 3.05) is 17.2 Å². The summed E-state index contributed by atoms with van der Waals surface area (Å²) in [5.74, 6) is 0.435. The first-order valence-corrected chi connectivity index (χ1v) is 7.27. The van der Waals surface area contributed by atoms with Crippen molar-refractivity contribution in [3.8, 4) is 0 Å². The van der Waals surface area contributed by atoms with E-state index in [0.29, 0.717) is 12.4 Å². The summed E-state index contributed by atoms with van der Waals surface area (Å²) in [5.41, 5.74) is 2.59. The number of hydrogen-bond acceptors (Lipinski definition) is 5. The molecule has 23 heavy (non-hydrogen) atoms. The molecule has 2 heterocycles. The van der Waals surface area contributed by atoms with Crippen LogP contribution in [0, 0.1) is 0 Å². The van der Waals surface area contributed by atoms with Gasteiger partial charge >= 0.3 is 6.09 Å². The molecule has 6 nitrogen and oxygen atoms in total. The van der Waals surface area contributed by atoms with Crippen LogP contribution in [0.5, 0.6) is 0 Å². The largest absolute Gasteiger partial charge is 0.450 e. The number of carbonyl (C=O) groups excluding carboxylic acids is 1. The van der Waals surface area contributed by atoms with Crippen LogP contribution in [0.1, 0.15) is 6.92 Å². The van der Waals surface area contributed by atoms with Crippen molar-refractivity contribution < 1.29 is 9.53 Å². The number of aromatic nitrogens is 2. The zero-order chi connectivity index (χ0) is 16.1. The average Bonchev–Trinajstić information content (AvgIpc) is 2.57. The number of benzene rings is 1. The minimum atomic E-state index is -0.515. The lowest BCUT2D eigenvalue weighted by atomic mass is 10.2. The average molecular weight is 308 g/mol. The maximum absolute atomic E-state index is 11.3. The smallest absolute Gasteiger partial charge is 0.412 e. The number of nitrogens with one attached hydrogen (secondary N) is 2. The molecule has 6 heteroatoms. The van der Waals surface area contributed by atoms with E-state index < -0.39 is 6.09 Å². The fourth-order valence-corrected chi connectivity index (χ4v) is 2.17. The van der Waals surface area contributed by atoms with Gasteiger partial charge in [0.25, 0.3) is 0 Å².